The predicted molar refractivity (Wildman–Crippen MR) is 124 cm³/mol. The Morgan fingerprint density at radius 3 is 2.54 bits per heavy atom. The van der Waals surface area contributed by atoms with E-state index in [1.54, 1.807) is 0 Å². The van der Waals surface area contributed by atoms with E-state index in [-0.39, 0.29) is 5.60 Å². The van der Waals surface area contributed by atoms with Crippen molar-refractivity contribution in [1.29, 1.82) is 0 Å². The van der Waals surface area contributed by atoms with Gasteiger partial charge in [-0.2, -0.15) is 0 Å². The fourth-order valence-electron chi connectivity index (χ4n) is 5.19. The minimum Gasteiger partial charge on any atom is -0.366 e. The number of hydrogen-bond acceptors (Lipinski definition) is 1. The molecule has 2 saturated carbocycles. The lowest BCUT2D eigenvalue weighted by atomic mass is 9.83. The molecule has 0 aromatic rings. The molecule has 28 heavy (non-hydrogen) atoms. The maximum absolute atomic E-state index is 5.60. The van der Waals surface area contributed by atoms with Crippen molar-refractivity contribution in [2.75, 3.05) is 0 Å². The normalized spacial score (nSPS) is 36.2. The highest BCUT2D eigenvalue weighted by atomic mass is 16.6. The number of epoxide rings is 1. The zero-order valence-electron chi connectivity index (χ0n) is 19.5. The van der Waals surface area contributed by atoms with Gasteiger partial charge < -0.3 is 4.74 Å². The minimum atomic E-state index is 0.258. The summed E-state index contributed by atoms with van der Waals surface area (Å²) in [4.78, 5) is 0. The average molecular weight is 389 g/mol. The second-order valence-corrected chi connectivity index (χ2v) is 10.4. The van der Waals surface area contributed by atoms with Crippen LogP contribution in [0.4, 0.5) is 0 Å². The zero-order chi connectivity index (χ0) is 20.6. The first-order chi connectivity index (χ1) is 13.4. The van der Waals surface area contributed by atoms with E-state index in [0.717, 1.165) is 23.7 Å². The first-order valence-corrected chi connectivity index (χ1v) is 12.3. The van der Waals surface area contributed by atoms with Crippen LogP contribution in [0.2, 0.25) is 0 Å². The molecule has 0 bridgehead atoms. The Balaban J connectivity index is 0.000000221. The van der Waals surface area contributed by atoms with E-state index in [9.17, 15) is 0 Å². The van der Waals surface area contributed by atoms with Crippen molar-refractivity contribution >= 4 is 0 Å². The molecular weight excluding hydrogens is 340 g/mol. The number of hydrogen-bond donors (Lipinski definition) is 0. The summed E-state index contributed by atoms with van der Waals surface area (Å²) < 4.78 is 5.60. The molecule has 5 unspecified atom stereocenters. The Kier molecular flexibility index (Phi) is 9.32. The summed E-state index contributed by atoms with van der Waals surface area (Å²) in [6.07, 6.45) is 21.5. The third-order valence-corrected chi connectivity index (χ3v) is 7.97. The Morgan fingerprint density at radius 2 is 1.89 bits per heavy atom. The van der Waals surface area contributed by atoms with E-state index in [1.165, 1.54) is 89.0 Å². The molecular formula is C27H48O. The molecule has 0 N–H and O–H groups in total. The molecule has 0 radical (unpaired) electrons. The molecule has 0 spiro atoms. The Hall–Kier alpha value is -0.560. The molecule has 162 valence electrons. The summed E-state index contributed by atoms with van der Waals surface area (Å²) in [5.41, 5.74) is 2.39. The maximum Gasteiger partial charge on any atom is 0.0917 e. The van der Waals surface area contributed by atoms with E-state index in [2.05, 4.69) is 40.9 Å². The number of ether oxygens (including phenoxy) is 1. The third-order valence-electron chi connectivity index (χ3n) is 7.97. The van der Waals surface area contributed by atoms with Crippen LogP contribution in [0.25, 0.3) is 0 Å². The molecule has 1 nitrogen and oxygen atoms in total. The van der Waals surface area contributed by atoms with Crippen LogP contribution in [0.3, 0.4) is 0 Å². The first-order valence-electron chi connectivity index (χ1n) is 12.3. The van der Waals surface area contributed by atoms with Gasteiger partial charge in [-0.15, -0.1) is 6.58 Å². The lowest BCUT2D eigenvalue weighted by molar-refractivity contribution is 0.299. The van der Waals surface area contributed by atoms with Crippen molar-refractivity contribution in [3.05, 3.63) is 24.8 Å². The highest BCUT2D eigenvalue weighted by molar-refractivity contribution is 5.02. The van der Waals surface area contributed by atoms with E-state index in [0.29, 0.717) is 6.10 Å². The third kappa shape index (κ3) is 7.36. The van der Waals surface area contributed by atoms with Crippen LogP contribution < -0.4 is 0 Å². The SMILES string of the molecule is C=CCC(=C)CCC1CCCC2(C)CC2CC1.CCCCCC1OC1(C)CC. The average Bonchev–Trinajstić information content (AvgIpc) is 3.52. The predicted octanol–water partition coefficient (Wildman–Crippen LogP) is 8.64. The fourth-order valence-corrected chi connectivity index (χ4v) is 5.19. The summed E-state index contributed by atoms with van der Waals surface area (Å²) in [5, 5.41) is 0. The lowest BCUT2D eigenvalue weighted by Gasteiger charge is -2.22. The molecule has 1 aliphatic heterocycles. The second kappa shape index (κ2) is 11.0. The molecule has 1 heteroatoms. The smallest absolute Gasteiger partial charge is 0.0917 e. The van der Waals surface area contributed by atoms with Gasteiger partial charge in [0.15, 0.2) is 0 Å². The van der Waals surface area contributed by atoms with Crippen molar-refractivity contribution in [3.8, 4) is 0 Å². The Bertz CT molecular complexity index is 494. The Labute approximate surface area is 176 Å². The minimum absolute atomic E-state index is 0.258. The van der Waals surface area contributed by atoms with E-state index in [4.69, 9.17) is 4.74 Å². The van der Waals surface area contributed by atoms with Crippen molar-refractivity contribution in [3.63, 3.8) is 0 Å². The van der Waals surface area contributed by atoms with Crippen LogP contribution in [-0.4, -0.2) is 11.7 Å². The van der Waals surface area contributed by atoms with Gasteiger partial charge in [0.1, 0.15) is 0 Å². The summed E-state index contributed by atoms with van der Waals surface area (Å²) in [5.74, 6) is 2.04. The standard InChI is InChI=1S/C17H28.C10H20O/c1-4-6-14(2)8-9-15-7-5-12-17(3)13-16(17)11-10-15;1-4-6-7-8-9-10(3,5-2)11-9/h4,15-16H,1-2,5-13H2,3H3;9H,4-8H2,1-3H3. The van der Waals surface area contributed by atoms with Crippen molar-refractivity contribution in [2.24, 2.45) is 17.3 Å². The highest BCUT2D eigenvalue weighted by Gasteiger charge is 2.50. The molecule has 5 atom stereocenters. The molecule has 3 rings (SSSR count). The quantitative estimate of drug-likeness (QED) is 0.207. The fraction of sp³-hybridized carbons (Fsp3) is 0.852. The van der Waals surface area contributed by atoms with Crippen LogP contribution in [-0.2, 0) is 4.74 Å². The molecule has 2 aliphatic carbocycles. The topological polar surface area (TPSA) is 12.5 Å². The largest absolute Gasteiger partial charge is 0.366 e. The van der Waals surface area contributed by atoms with Crippen LogP contribution in [0, 0.1) is 17.3 Å². The van der Waals surface area contributed by atoms with Crippen LogP contribution in [0.5, 0.6) is 0 Å². The van der Waals surface area contributed by atoms with E-state index >= 15 is 0 Å². The molecule has 3 aliphatic rings. The highest BCUT2D eigenvalue weighted by Crippen LogP contribution is 2.59. The van der Waals surface area contributed by atoms with Crippen LogP contribution in [0.1, 0.15) is 118 Å². The number of fused-ring (bicyclic) bond motifs is 1. The van der Waals surface area contributed by atoms with Gasteiger partial charge in [-0.05, 0) is 75.5 Å². The van der Waals surface area contributed by atoms with Crippen molar-refractivity contribution < 1.29 is 4.74 Å². The summed E-state index contributed by atoms with van der Waals surface area (Å²) in [6, 6.07) is 0. The van der Waals surface area contributed by atoms with Gasteiger partial charge in [-0.1, -0.05) is 77.5 Å². The zero-order valence-corrected chi connectivity index (χ0v) is 19.5. The van der Waals surface area contributed by atoms with Gasteiger partial charge in [0.05, 0.1) is 11.7 Å². The Morgan fingerprint density at radius 1 is 1.11 bits per heavy atom. The summed E-state index contributed by atoms with van der Waals surface area (Å²) in [6.45, 7) is 17.1. The van der Waals surface area contributed by atoms with Gasteiger partial charge in [0.2, 0.25) is 0 Å². The lowest BCUT2D eigenvalue weighted by Crippen LogP contribution is -2.09. The van der Waals surface area contributed by atoms with Crippen molar-refractivity contribution in [2.45, 2.75) is 129 Å². The maximum atomic E-state index is 5.60. The monoisotopic (exact) mass is 388 g/mol. The molecule has 0 amide bonds. The van der Waals surface area contributed by atoms with Crippen LogP contribution in [0.15, 0.2) is 24.8 Å². The number of unbranched alkanes of at least 4 members (excludes halogenated alkanes) is 2. The van der Waals surface area contributed by atoms with Gasteiger partial charge >= 0.3 is 0 Å². The van der Waals surface area contributed by atoms with Gasteiger partial charge in [0.25, 0.3) is 0 Å². The van der Waals surface area contributed by atoms with E-state index < -0.39 is 0 Å². The number of rotatable bonds is 10. The molecule has 0 aromatic carbocycles. The first kappa shape index (κ1) is 23.7. The number of allylic oxidation sites excluding steroid dienone is 2. The second-order valence-electron chi connectivity index (χ2n) is 10.4. The molecule has 1 heterocycles. The molecule has 3 fully saturated rings. The van der Waals surface area contributed by atoms with Gasteiger partial charge in [-0.3, -0.25) is 0 Å². The molecule has 1 saturated heterocycles. The van der Waals surface area contributed by atoms with Crippen LogP contribution >= 0.6 is 0 Å². The van der Waals surface area contributed by atoms with Gasteiger partial charge in [0, 0.05) is 0 Å². The van der Waals surface area contributed by atoms with E-state index in [1.807, 2.05) is 6.08 Å². The molecule has 0 aromatic heterocycles. The summed E-state index contributed by atoms with van der Waals surface area (Å²) >= 11 is 0. The van der Waals surface area contributed by atoms with Crippen molar-refractivity contribution in [1.82, 2.24) is 0 Å². The summed E-state index contributed by atoms with van der Waals surface area (Å²) in [7, 11) is 0. The van der Waals surface area contributed by atoms with Gasteiger partial charge in [-0.25, -0.2) is 0 Å².